The highest BCUT2D eigenvalue weighted by molar-refractivity contribution is 7.92. The number of hydrogen-bond acceptors (Lipinski definition) is 7. The van der Waals surface area contributed by atoms with Crippen LogP contribution in [-0.2, 0) is 29.5 Å². The lowest BCUT2D eigenvalue weighted by atomic mass is 10.1. The van der Waals surface area contributed by atoms with Crippen LogP contribution >= 0.6 is 0 Å². The van der Waals surface area contributed by atoms with Gasteiger partial charge in [0.15, 0.2) is 0 Å². The Balaban J connectivity index is 2.79. The molecule has 0 aliphatic rings. The lowest BCUT2D eigenvalue weighted by Crippen LogP contribution is -2.17. The number of aryl methyl sites for hydroxylation is 1. The lowest BCUT2D eigenvalue weighted by Gasteiger charge is -2.11. The number of hydrogen-bond donors (Lipinski definition) is 1. The number of carbonyl (C=O) groups is 1. The molecule has 1 heterocycles. The summed E-state index contributed by atoms with van der Waals surface area (Å²) in [4.78, 5) is 12.7. The Morgan fingerprint density at radius 1 is 1.07 bits per heavy atom. The van der Waals surface area contributed by atoms with Crippen LogP contribution in [0.1, 0.15) is 35.5 Å². The van der Waals surface area contributed by atoms with Crippen LogP contribution in [-0.4, -0.2) is 58.6 Å². The molecule has 0 amide bonds. The molecule has 0 bridgehead atoms. The van der Waals surface area contributed by atoms with Crippen LogP contribution in [0.5, 0.6) is 0 Å². The normalized spacial score (nSPS) is 12.3. The van der Waals surface area contributed by atoms with Crippen molar-refractivity contribution in [2.45, 2.75) is 27.7 Å². The molecule has 0 atom stereocenters. The predicted octanol–water partition coefficient (Wildman–Crippen LogP) is 2.02. The SMILES string of the molecule is CCS(=O)(=O)Nc1cc2c(C(=O)OCCOC)c(C)n(S(=O)(=O)CC)c2cc1C. The minimum absolute atomic E-state index is 0.00313. The first-order valence-electron chi connectivity index (χ1n) is 9.04. The molecule has 1 aromatic heterocycles. The number of nitrogens with one attached hydrogen (secondary N) is 1. The number of nitrogens with zero attached hydrogens (tertiary/aromatic N) is 1. The topological polar surface area (TPSA) is 121 Å². The number of rotatable bonds is 9. The Morgan fingerprint density at radius 2 is 1.72 bits per heavy atom. The van der Waals surface area contributed by atoms with Gasteiger partial charge in [0.2, 0.25) is 20.0 Å². The average Bonchev–Trinajstić information content (AvgIpc) is 2.93. The molecule has 0 unspecified atom stereocenters. The number of sulfonamides is 1. The Morgan fingerprint density at radius 3 is 2.28 bits per heavy atom. The predicted molar refractivity (Wildman–Crippen MR) is 112 cm³/mol. The molecule has 0 aliphatic carbocycles. The zero-order valence-corrected chi connectivity index (χ0v) is 18.7. The first kappa shape index (κ1) is 23.2. The number of ether oxygens (including phenoxy) is 2. The highest BCUT2D eigenvalue weighted by Crippen LogP contribution is 2.33. The number of esters is 1. The molecule has 0 spiro atoms. The molecule has 0 radical (unpaired) electrons. The first-order valence-corrected chi connectivity index (χ1v) is 12.3. The van der Waals surface area contributed by atoms with Crippen molar-refractivity contribution in [1.29, 1.82) is 0 Å². The van der Waals surface area contributed by atoms with E-state index < -0.39 is 26.0 Å². The third kappa shape index (κ3) is 4.73. The van der Waals surface area contributed by atoms with E-state index in [0.717, 1.165) is 3.97 Å². The summed E-state index contributed by atoms with van der Waals surface area (Å²) in [5.74, 6) is -0.998. The third-order valence-electron chi connectivity index (χ3n) is 4.51. The van der Waals surface area contributed by atoms with Gasteiger partial charge in [0.05, 0.1) is 34.9 Å². The minimum Gasteiger partial charge on any atom is -0.460 e. The summed E-state index contributed by atoms with van der Waals surface area (Å²) in [6.07, 6.45) is 0. The van der Waals surface area contributed by atoms with Crippen molar-refractivity contribution >= 4 is 42.6 Å². The van der Waals surface area contributed by atoms with E-state index in [4.69, 9.17) is 9.47 Å². The summed E-state index contributed by atoms with van der Waals surface area (Å²) in [6, 6.07) is 3.02. The summed E-state index contributed by atoms with van der Waals surface area (Å²) in [7, 11) is -5.81. The van der Waals surface area contributed by atoms with Gasteiger partial charge in [-0.1, -0.05) is 0 Å². The molecule has 1 aromatic carbocycles. The third-order valence-corrected chi connectivity index (χ3v) is 7.56. The van der Waals surface area contributed by atoms with Crippen molar-refractivity contribution in [3.8, 4) is 0 Å². The van der Waals surface area contributed by atoms with Gasteiger partial charge in [0, 0.05) is 18.2 Å². The molecule has 2 rings (SSSR count). The number of aromatic nitrogens is 1. The summed E-state index contributed by atoms with van der Waals surface area (Å²) in [5.41, 5.74) is 1.37. The average molecular weight is 447 g/mol. The van der Waals surface area contributed by atoms with Crippen LogP contribution in [0.3, 0.4) is 0 Å². The van der Waals surface area contributed by atoms with Gasteiger partial charge in [-0.15, -0.1) is 0 Å². The number of benzene rings is 1. The quantitative estimate of drug-likeness (QED) is 0.462. The second-order valence-electron chi connectivity index (χ2n) is 6.44. The molecular weight excluding hydrogens is 420 g/mol. The van der Waals surface area contributed by atoms with Crippen molar-refractivity contribution in [2.24, 2.45) is 0 Å². The molecule has 0 saturated heterocycles. The summed E-state index contributed by atoms with van der Waals surface area (Å²) < 4.78 is 63.0. The van der Waals surface area contributed by atoms with Gasteiger partial charge in [-0.3, -0.25) is 4.72 Å². The van der Waals surface area contributed by atoms with Crippen LogP contribution in [0.2, 0.25) is 0 Å². The summed E-state index contributed by atoms with van der Waals surface area (Å²) in [5, 5.41) is 0.293. The zero-order chi connectivity index (χ0) is 22.0. The fraction of sp³-hybridized carbons (Fsp3) is 0.500. The van der Waals surface area contributed by atoms with Gasteiger partial charge in [-0.25, -0.2) is 25.6 Å². The Labute approximate surface area is 171 Å². The fourth-order valence-electron chi connectivity index (χ4n) is 2.92. The van der Waals surface area contributed by atoms with Gasteiger partial charge in [-0.2, -0.15) is 0 Å². The van der Waals surface area contributed by atoms with E-state index in [1.807, 2.05) is 0 Å². The Hall–Kier alpha value is -2.11. The number of carbonyl (C=O) groups excluding carboxylic acids is 1. The van der Waals surface area contributed by atoms with Crippen molar-refractivity contribution in [3.05, 3.63) is 29.0 Å². The standard InChI is InChI=1S/C18H26N2O7S2/c1-6-28(22,23)19-15-11-14-16(10-12(15)3)20(29(24,25)7-2)13(4)17(14)18(21)27-9-8-26-5/h10-11,19H,6-9H2,1-5H3. The van der Waals surface area contributed by atoms with Crippen LogP contribution in [0.15, 0.2) is 12.1 Å². The van der Waals surface area contributed by atoms with Gasteiger partial charge in [-0.05, 0) is 45.4 Å². The summed E-state index contributed by atoms with van der Waals surface area (Å²) in [6.45, 7) is 6.39. The molecular formula is C18H26N2O7S2. The maximum Gasteiger partial charge on any atom is 0.340 e. The van der Waals surface area contributed by atoms with Gasteiger partial charge in [0.25, 0.3) is 0 Å². The van der Waals surface area contributed by atoms with Crippen LogP contribution in [0.4, 0.5) is 5.69 Å². The van der Waals surface area contributed by atoms with E-state index >= 15 is 0 Å². The second kappa shape index (κ2) is 8.72. The smallest absolute Gasteiger partial charge is 0.340 e. The Bertz CT molecular complexity index is 1130. The fourth-order valence-corrected chi connectivity index (χ4v) is 4.84. The van der Waals surface area contributed by atoms with Crippen LogP contribution < -0.4 is 4.72 Å². The summed E-state index contributed by atoms with van der Waals surface area (Å²) >= 11 is 0. The highest BCUT2D eigenvalue weighted by Gasteiger charge is 2.27. The molecule has 162 valence electrons. The van der Waals surface area contributed by atoms with E-state index in [1.54, 1.807) is 13.0 Å². The molecule has 0 aliphatic heterocycles. The van der Waals surface area contributed by atoms with Crippen molar-refractivity contribution in [3.63, 3.8) is 0 Å². The first-order chi connectivity index (χ1) is 13.5. The van der Waals surface area contributed by atoms with Crippen LogP contribution in [0.25, 0.3) is 10.9 Å². The molecule has 2 aromatic rings. The van der Waals surface area contributed by atoms with Crippen molar-refractivity contribution < 1.29 is 31.1 Å². The van der Waals surface area contributed by atoms with Gasteiger partial charge in [0.1, 0.15) is 6.61 Å². The largest absolute Gasteiger partial charge is 0.460 e. The van der Waals surface area contributed by atoms with Gasteiger partial charge < -0.3 is 9.47 Å². The van der Waals surface area contributed by atoms with Crippen molar-refractivity contribution in [2.75, 3.05) is 36.6 Å². The lowest BCUT2D eigenvalue weighted by molar-refractivity contribution is 0.0389. The van der Waals surface area contributed by atoms with E-state index in [9.17, 15) is 21.6 Å². The highest BCUT2D eigenvalue weighted by atomic mass is 32.2. The van der Waals surface area contributed by atoms with E-state index in [0.29, 0.717) is 16.5 Å². The molecule has 11 heteroatoms. The molecule has 29 heavy (non-hydrogen) atoms. The second-order valence-corrected chi connectivity index (χ2v) is 10.6. The van der Waals surface area contributed by atoms with E-state index in [2.05, 4.69) is 4.72 Å². The van der Waals surface area contributed by atoms with Gasteiger partial charge >= 0.3 is 5.97 Å². The van der Waals surface area contributed by atoms with E-state index in [-0.39, 0.29) is 41.7 Å². The molecule has 0 fully saturated rings. The monoisotopic (exact) mass is 446 g/mol. The maximum atomic E-state index is 12.7. The number of anilines is 1. The Kier molecular flexibility index (Phi) is 6.97. The number of methoxy groups -OCH3 is 1. The maximum absolute atomic E-state index is 12.7. The minimum atomic E-state index is -3.72. The van der Waals surface area contributed by atoms with Crippen LogP contribution in [0, 0.1) is 13.8 Å². The number of fused-ring (bicyclic) bond motifs is 1. The molecule has 0 saturated carbocycles. The van der Waals surface area contributed by atoms with Crippen molar-refractivity contribution in [1.82, 2.24) is 3.97 Å². The van der Waals surface area contributed by atoms with E-state index in [1.165, 1.54) is 33.9 Å². The molecule has 9 nitrogen and oxygen atoms in total. The zero-order valence-electron chi connectivity index (χ0n) is 17.1. The molecule has 1 N–H and O–H groups in total.